The Labute approximate surface area is 128 Å². The van der Waals surface area contributed by atoms with Gasteiger partial charge >= 0.3 is 0 Å². The number of hydrogen-bond acceptors (Lipinski definition) is 3. The molecule has 21 heavy (non-hydrogen) atoms. The predicted molar refractivity (Wildman–Crippen MR) is 86.4 cm³/mol. The molecular formula is C17H24O3Si. The van der Waals surface area contributed by atoms with E-state index in [2.05, 4.69) is 52.3 Å². The van der Waals surface area contributed by atoms with Gasteiger partial charge in [-0.3, -0.25) is 4.79 Å². The molecule has 1 aliphatic carbocycles. The molecule has 0 aromatic rings. The summed E-state index contributed by atoms with van der Waals surface area (Å²) >= 11 is 0. The van der Waals surface area contributed by atoms with Gasteiger partial charge in [-0.15, -0.1) is 0 Å². The lowest BCUT2D eigenvalue weighted by Crippen LogP contribution is -2.46. The van der Waals surface area contributed by atoms with Gasteiger partial charge in [0.25, 0.3) is 0 Å². The fourth-order valence-corrected chi connectivity index (χ4v) is 3.21. The maximum absolute atomic E-state index is 12.1. The molecule has 4 heteroatoms. The number of epoxide rings is 1. The average Bonchev–Trinajstić information content (AvgIpc) is 3.09. The molecule has 0 radical (unpaired) electrons. The Morgan fingerprint density at radius 1 is 1.43 bits per heavy atom. The Hall–Kier alpha value is -1.15. The van der Waals surface area contributed by atoms with Gasteiger partial charge in [-0.25, -0.2) is 0 Å². The van der Waals surface area contributed by atoms with Gasteiger partial charge < -0.3 is 9.16 Å². The normalized spacial score (nSPS) is 28.2. The maximum atomic E-state index is 12.1. The molecule has 1 saturated heterocycles. The Morgan fingerprint density at radius 2 is 2.05 bits per heavy atom. The van der Waals surface area contributed by atoms with Crippen molar-refractivity contribution in [2.75, 3.05) is 0 Å². The second-order valence-corrected chi connectivity index (χ2v) is 12.1. The summed E-state index contributed by atoms with van der Waals surface area (Å²) in [6.07, 6.45) is 1.19. The van der Waals surface area contributed by atoms with Crippen LogP contribution in [0.3, 0.4) is 0 Å². The van der Waals surface area contributed by atoms with Gasteiger partial charge in [0.1, 0.15) is 6.10 Å². The fourth-order valence-electron chi connectivity index (χ4n) is 1.97. The standard InChI is InChI=1S/C17H24O3Si/c1-11(2)8-9-12-10-13(15-16(19-15)14(12)18)20-21(6,7)17(3,4)5/h10,13,15-16H,1H2,2-7H3/t13-,15+,16-/m0/s1. The summed E-state index contributed by atoms with van der Waals surface area (Å²) in [5.74, 6) is 5.74. The molecule has 114 valence electrons. The zero-order valence-corrected chi connectivity index (χ0v) is 14.7. The van der Waals surface area contributed by atoms with Crippen LogP contribution in [0.25, 0.3) is 0 Å². The third-order valence-electron chi connectivity index (χ3n) is 4.35. The zero-order chi connectivity index (χ0) is 16.0. The summed E-state index contributed by atoms with van der Waals surface area (Å²) in [6, 6.07) is 0. The van der Waals surface area contributed by atoms with Crippen molar-refractivity contribution in [1.29, 1.82) is 0 Å². The Bertz CT molecular complexity index is 569. The van der Waals surface area contributed by atoms with Gasteiger partial charge in [0.2, 0.25) is 5.78 Å². The van der Waals surface area contributed by atoms with Gasteiger partial charge in [-0.1, -0.05) is 39.2 Å². The van der Waals surface area contributed by atoms with Crippen molar-refractivity contribution in [1.82, 2.24) is 0 Å². The first-order valence-electron chi connectivity index (χ1n) is 7.30. The number of carbonyl (C=O) groups is 1. The van der Waals surface area contributed by atoms with Crippen LogP contribution in [0.2, 0.25) is 18.1 Å². The molecule has 2 aliphatic rings. The third-order valence-corrected chi connectivity index (χ3v) is 8.83. The topological polar surface area (TPSA) is 38.8 Å². The molecular weight excluding hydrogens is 280 g/mol. The highest BCUT2D eigenvalue weighted by Gasteiger charge is 2.55. The average molecular weight is 304 g/mol. The van der Waals surface area contributed by atoms with E-state index in [1.54, 1.807) is 0 Å². The number of Topliss-reactive ketones (excluding diaryl/α,β-unsaturated/α-hetero) is 1. The Balaban J connectivity index is 2.23. The van der Waals surface area contributed by atoms with E-state index < -0.39 is 8.32 Å². The second kappa shape index (κ2) is 5.24. The molecule has 1 heterocycles. The van der Waals surface area contributed by atoms with E-state index in [4.69, 9.17) is 9.16 Å². The summed E-state index contributed by atoms with van der Waals surface area (Å²) in [4.78, 5) is 12.1. The minimum Gasteiger partial charge on any atom is -0.408 e. The first-order valence-corrected chi connectivity index (χ1v) is 10.2. The van der Waals surface area contributed by atoms with E-state index in [9.17, 15) is 4.79 Å². The Morgan fingerprint density at radius 3 is 2.57 bits per heavy atom. The number of fused-ring (bicyclic) bond motifs is 1. The molecule has 3 atom stereocenters. The monoisotopic (exact) mass is 304 g/mol. The third kappa shape index (κ3) is 3.37. The van der Waals surface area contributed by atoms with Crippen LogP contribution in [0.15, 0.2) is 23.8 Å². The van der Waals surface area contributed by atoms with E-state index in [0.29, 0.717) is 5.57 Å². The number of rotatable bonds is 2. The van der Waals surface area contributed by atoms with Crippen LogP contribution in [0.1, 0.15) is 27.7 Å². The van der Waals surface area contributed by atoms with Crippen LogP contribution in [0.4, 0.5) is 0 Å². The maximum Gasteiger partial charge on any atom is 0.202 e. The molecule has 0 unspecified atom stereocenters. The van der Waals surface area contributed by atoms with Crippen LogP contribution < -0.4 is 0 Å². The van der Waals surface area contributed by atoms with E-state index in [1.165, 1.54) is 0 Å². The fraction of sp³-hybridized carbons (Fsp3) is 0.588. The van der Waals surface area contributed by atoms with Crippen molar-refractivity contribution in [2.24, 2.45) is 0 Å². The van der Waals surface area contributed by atoms with Crippen molar-refractivity contribution in [3.63, 3.8) is 0 Å². The predicted octanol–water partition coefficient (Wildman–Crippen LogP) is 3.23. The number of allylic oxidation sites excluding steroid dienone is 1. The molecule has 0 saturated carbocycles. The number of hydrogen-bond donors (Lipinski definition) is 0. The number of ether oxygens (including phenoxy) is 1. The molecule has 1 aliphatic heterocycles. The minimum atomic E-state index is -1.91. The van der Waals surface area contributed by atoms with Gasteiger partial charge in [0.15, 0.2) is 14.4 Å². The molecule has 2 rings (SSSR count). The quantitative estimate of drug-likeness (QED) is 0.446. The lowest BCUT2D eigenvalue weighted by atomic mass is 9.96. The SMILES string of the molecule is C=C(C)C#CC1=C[C@H](O[Si](C)(C)C(C)(C)C)[C@H]2O[C@H]2C1=O. The van der Waals surface area contributed by atoms with Crippen LogP contribution in [0.5, 0.6) is 0 Å². The van der Waals surface area contributed by atoms with Gasteiger partial charge in [0, 0.05) is 0 Å². The van der Waals surface area contributed by atoms with Crippen LogP contribution in [-0.4, -0.2) is 32.4 Å². The highest BCUT2D eigenvalue weighted by Crippen LogP contribution is 2.42. The van der Waals surface area contributed by atoms with Crippen LogP contribution in [-0.2, 0) is 14.0 Å². The van der Waals surface area contributed by atoms with Crippen molar-refractivity contribution in [2.45, 2.75) is 64.1 Å². The van der Waals surface area contributed by atoms with E-state index in [-0.39, 0.29) is 29.1 Å². The van der Waals surface area contributed by atoms with Gasteiger partial charge in [-0.05, 0) is 36.7 Å². The molecule has 0 bridgehead atoms. The van der Waals surface area contributed by atoms with Crippen molar-refractivity contribution < 1.29 is 14.0 Å². The lowest BCUT2D eigenvalue weighted by molar-refractivity contribution is -0.116. The first kappa shape index (κ1) is 16.2. The van der Waals surface area contributed by atoms with Crippen LogP contribution in [0, 0.1) is 11.8 Å². The van der Waals surface area contributed by atoms with Gasteiger partial charge in [0.05, 0.1) is 11.7 Å². The number of ketones is 1. The molecule has 3 nitrogen and oxygen atoms in total. The van der Waals surface area contributed by atoms with Crippen molar-refractivity contribution in [3.05, 3.63) is 23.8 Å². The highest BCUT2D eigenvalue weighted by atomic mass is 28.4. The number of carbonyl (C=O) groups excluding carboxylic acids is 1. The first-order chi connectivity index (χ1) is 9.53. The summed E-state index contributed by atoms with van der Waals surface area (Å²) < 4.78 is 11.9. The molecule has 0 aromatic carbocycles. The summed E-state index contributed by atoms with van der Waals surface area (Å²) in [5.41, 5.74) is 1.24. The van der Waals surface area contributed by atoms with E-state index in [0.717, 1.165) is 5.57 Å². The highest BCUT2D eigenvalue weighted by molar-refractivity contribution is 6.74. The second-order valence-electron chi connectivity index (χ2n) is 7.34. The smallest absolute Gasteiger partial charge is 0.202 e. The van der Waals surface area contributed by atoms with E-state index in [1.807, 2.05) is 13.0 Å². The molecule has 1 fully saturated rings. The van der Waals surface area contributed by atoms with E-state index >= 15 is 0 Å². The lowest BCUT2D eigenvalue weighted by Gasteiger charge is -2.38. The Kier molecular flexibility index (Phi) is 4.05. The molecule has 0 amide bonds. The summed E-state index contributed by atoms with van der Waals surface area (Å²) in [5, 5.41) is 0.121. The summed E-state index contributed by atoms with van der Waals surface area (Å²) in [7, 11) is -1.91. The minimum absolute atomic E-state index is 0.0242. The molecule has 0 aromatic heterocycles. The molecule has 0 N–H and O–H groups in total. The molecule has 0 spiro atoms. The van der Waals surface area contributed by atoms with Crippen LogP contribution >= 0.6 is 0 Å². The largest absolute Gasteiger partial charge is 0.408 e. The summed E-state index contributed by atoms with van der Waals surface area (Å²) in [6.45, 7) is 16.6. The zero-order valence-electron chi connectivity index (χ0n) is 13.7. The van der Waals surface area contributed by atoms with Crippen molar-refractivity contribution in [3.8, 4) is 11.8 Å². The van der Waals surface area contributed by atoms with Crippen molar-refractivity contribution >= 4 is 14.1 Å². The van der Waals surface area contributed by atoms with Gasteiger partial charge in [-0.2, -0.15) is 0 Å².